The monoisotopic (exact) mass is 350 g/mol. The standard InChI is InChI=1S/C20H22N4O2/c1-13-11-18(24-26-13)22-16-9-10-17(21-12-16)23-19(25)14-5-7-15(8-6-14)20(2,3)4/h5-12H,1-4H3,(H,22,24)(H,21,23,25). The molecule has 0 atom stereocenters. The van der Waals surface area contributed by atoms with Crippen LogP contribution in [-0.2, 0) is 5.41 Å². The molecule has 2 heterocycles. The van der Waals surface area contributed by atoms with Crippen molar-refractivity contribution in [1.82, 2.24) is 10.1 Å². The first-order valence-electron chi connectivity index (χ1n) is 8.39. The Bertz CT molecular complexity index is 891. The number of benzene rings is 1. The Morgan fingerprint density at radius 3 is 2.31 bits per heavy atom. The lowest BCUT2D eigenvalue weighted by atomic mass is 9.87. The number of carbonyl (C=O) groups excluding carboxylic acids is 1. The zero-order valence-corrected chi connectivity index (χ0v) is 15.3. The minimum Gasteiger partial charge on any atom is -0.360 e. The van der Waals surface area contributed by atoms with E-state index >= 15 is 0 Å². The van der Waals surface area contributed by atoms with Gasteiger partial charge in [0, 0.05) is 11.6 Å². The maximum atomic E-state index is 12.4. The van der Waals surface area contributed by atoms with Crippen LogP contribution in [0.3, 0.4) is 0 Å². The van der Waals surface area contributed by atoms with Crippen molar-refractivity contribution in [3.8, 4) is 0 Å². The Kier molecular flexibility index (Phi) is 4.75. The number of aryl methyl sites for hydroxylation is 1. The Hall–Kier alpha value is -3.15. The fourth-order valence-corrected chi connectivity index (χ4v) is 2.43. The van der Waals surface area contributed by atoms with Crippen molar-refractivity contribution in [1.29, 1.82) is 0 Å². The number of nitrogens with zero attached hydrogens (tertiary/aromatic N) is 2. The average Bonchev–Trinajstić information content (AvgIpc) is 3.01. The molecule has 0 spiro atoms. The number of aromatic nitrogens is 2. The predicted molar refractivity (Wildman–Crippen MR) is 102 cm³/mol. The fraction of sp³-hybridized carbons (Fsp3) is 0.250. The van der Waals surface area contributed by atoms with Crippen molar-refractivity contribution in [3.63, 3.8) is 0 Å². The summed E-state index contributed by atoms with van der Waals surface area (Å²) in [6.07, 6.45) is 1.63. The number of hydrogen-bond acceptors (Lipinski definition) is 5. The summed E-state index contributed by atoms with van der Waals surface area (Å²) in [4.78, 5) is 16.6. The quantitative estimate of drug-likeness (QED) is 0.714. The van der Waals surface area contributed by atoms with E-state index in [2.05, 4.69) is 41.5 Å². The Morgan fingerprint density at radius 2 is 1.77 bits per heavy atom. The van der Waals surface area contributed by atoms with Crippen LogP contribution in [-0.4, -0.2) is 16.0 Å². The van der Waals surface area contributed by atoms with E-state index in [0.29, 0.717) is 17.2 Å². The van der Waals surface area contributed by atoms with E-state index in [1.54, 1.807) is 18.3 Å². The minimum absolute atomic E-state index is 0.0573. The van der Waals surface area contributed by atoms with Gasteiger partial charge < -0.3 is 15.2 Å². The summed E-state index contributed by atoms with van der Waals surface area (Å²) < 4.78 is 5.00. The second-order valence-electron chi connectivity index (χ2n) is 7.16. The number of pyridine rings is 1. The third-order valence-electron chi connectivity index (χ3n) is 3.92. The van der Waals surface area contributed by atoms with E-state index in [9.17, 15) is 4.79 Å². The third kappa shape index (κ3) is 4.27. The molecule has 0 aliphatic carbocycles. The lowest BCUT2D eigenvalue weighted by Gasteiger charge is -2.19. The minimum atomic E-state index is -0.189. The highest BCUT2D eigenvalue weighted by molar-refractivity contribution is 6.03. The van der Waals surface area contributed by atoms with E-state index in [0.717, 1.165) is 11.4 Å². The molecular formula is C20H22N4O2. The molecule has 0 aliphatic rings. The maximum Gasteiger partial charge on any atom is 0.256 e. The van der Waals surface area contributed by atoms with Gasteiger partial charge in [0.1, 0.15) is 11.6 Å². The van der Waals surface area contributed by atoms with Gasteiger partial charge in [0.2, 0.25) is 0 Å². The predicted octanol–water partition coefficient (Wildman–Crippen LogP) is 4.67. The largest absolute Gasteiger partial charge is 0.360 e. The van der Waals surface area contributed by atoms with Crippen LogP contribution in [0.15, 0.2) is 53.2 Å². The summed E-state index contributed by atoms with van der Waals surface area (Å²) in [5.74, 6) is 1.63. The van der Waals surface area contributed by atoms with Crippen LogP contribution >= 0.6 is 0 Å². The highest BCUT2D eigenvalue weighted by Gasteiger charge is 2.14. The van der Waals surface area contributed by atoms with Gasteiger partial charge in [-0.05, 0) is 42.2 Å². The van der Waals surface area contributed by atoms with Crippen LogP contribution in [0.25, 0.3) is 0 Å². The second kappa shape index (κ2) is 7.00. The van der Waals surface area contributed by atoms with Crippen molar-refractivity contribution in [2.45, 2.75) is 33.1 Å². The SMILES string of the molecule is Cc1cc(Nc2ccc(NC(=O)c3ccc(C(C)(C)C)cc3)nc2)no1. The van der Waals surface area contributed by atoms with E-state index in [1.165, 1.54) is 5.56 Å². The van der Waals surface area contributed by atoms with E-state index in [-0.39, 0.29) is 11.3 Å². The first-order valence-corrected chi connectivity index (χ1v) is 8.39. The van der Waals surface area contributed by atoms with Crippen molar-refractivity contribution in [3.05, 3.63) is 65.5 Å². The molecule has 1 aromatic carbocycles. The first-order chi connectivity index (χ1) is 12.3. The molecule has 0 saturated carbocycles. The number of anilines is 3. The number of amides is 1. The Morgan fingerprint density at radius 1 is 1.04 bits per heavy atom. The molecule has 0 radical (unpaired) electrons. The number of hydrogen-bond donors (Lipinski definition) is 2. The lowest BCUT2D eigenvalue weighted by Crippen LogP contribution is -2.15. The molecule has 0 saturated heterocycles. The number of carbonyl (C=O) groups is 1. The summed E-state index contributed by atoms with van der Waals surface area (Å²) in [6.45, 7) is 8.25. The average molecular weight is 350 g/mol. The summed E-state index contributed by atoms with van der Waals surface area (Å²) in [6, 6.07) is 13.0. The van der Waals surface area contributed by atoms with Crippen LogP contribution in [0.2, 0.25) is 0 Å². The summed E-state index contributed by atoms with van der Waals surface area (Å²) in [5, 5.41) is 9.74. The van der Waals surface area contributed by atoms with Gasteiger partial charge in [-0.2, -0.15) is 0 Å². The molecule has 0 aliphatic heterocycles. The second-order valence-corrected chi connectivity index (χ2v) is 7.16. The highest BCUT2D eigenvalue weighted by atomic mass is 16.5. The molecule has 2 N–H and O–H groups in total. The molecule has 0 bridgehead atoms. The molecule has 2 aromatic heterocycles. The lowest BCUT2D eigenvalue weighted by molar-refractivity contribution is 0.102. The van der Waals surface area contributed by atoms with Crippen LogP contribution in [0.1, 0.15) is 42.5 Å². The maximum absolute atomic E-state index is 12.4. The summed E-state index contributed by atoms with van der Waals surface area (Å²) in [7, 11) is 0. The van der Waals surface area contributed by atoms with Gasteiger partial charge in [-0.15, -0.1) is 0 Å². The van der Waals surface area contributed by atoms with Crippen LogP contribution in [0, 0.1) is 6.92 Å². The molecule has 6 nitrogen and oxygen atoms in total. The van der Waals surface area contributed by atoms with Gasteiger partial charge in [-0.1, -0.05) is 38.1 Å². The van der Waals surface area contributed by atoms with Gasteiger partial charge in [0.25, 0.3) is 5.91 Å². The van der Waals surface area contributed by atoms with Crippen molar-refractivity contribution in [2.24, 2.45) is 0 Å². The zero-order chi connectivity index (χ0) is 18.7. The van der Waals surface area contributed by atoms with Gasteiger partial charge in [0.15, 0.2) is 5.82 Å². The Balaban J connectivity index is 1.64. The van der Waals surface area contributed by atoms with Gasteiger partial charge in [0.05, 0.1) is 11.9 Å². The van der Waals surface area contributed by atoms with Crippen LogP contribution in [0.5, 0.6) is 0 Å². The van der Waals surface area contributed by atoms with Crippen LogP contribution < -0.4 is 10.6 Å². The Labute approximate surface area is 152 Å². The molecule has 3 aromatic rings. The van der Waals surface area contributed by atoms with Crippen LogP contribution in [0.4, 0.5) is 17.3 Å². The van der Waals surface area contributed by atoms with Gasteiger partial charge >= 0.3 is 0 Å². The van der Waals surface area contributed by atoms with Gasteiger partial charge in [-0.3, -0.25) is 4.79 Å². The van der Waals surface area contributed by atoms with Crippen molar-refractivity contribution >= 4 is 23.2 Å². The van der Waals surface area contributed by atoms with E-state index in [4.69, 9.17) is 4.52 Å². The molecule has 0 fully saturated rings. The summed E-state index contributed by atoms with van der Waals surface area (Å²) >= 11 is 0. The smallest absolute Gasteiger partial charge is 0.256 e. The van der Waals surface area contributed by atoms with Crippen molar-refractivity contribution < 1.29 is 9.32 Å². The molecule has 6 heteroatoms. The molecule has 0 unspecified atom stereocenters. The third-order valence-corrected chi connectivity index (χ3v) is 3.92. The molecule has 26 heavy (non-hydrogen) atoms. The van der Waals surface area contributed by atoms with Gasteiger partial charge in [-0.25, -0.2) is 4.98 Å². The first kappa shape index (κ1) is 17.7. The normalized spacial score (nSPS) is 11.2. The summed E-state index contributed by atoms with van der Waals surface area (Å²) in [5.41, 5.74) is 2.60. The topological polar surface area (TPSA) is 80.0 Å². The molecule has 1 amide bonds. The van der Waals surface area contributed by atoms with E-state index in [1.807, 2.05) is 37.3 Å². The molecular weight excluding hydrogens is 328 g/mol. The molecule has 3 rings (SSSR count). The van der Waals surface area contributed by atoms with Crippen molar-refractivity contribution in [2.75, 3.05) is 10.6 Å². The van der Waals surface area contributed by atoms with E-state index < -0.39 is 0 Å². The molecule has 134 valence electrons. The number of nitrogens with one attached hydrogen (secondary N) is 2. The number of rotatable bonds is 4. The fourth-order valence-electron chi connectivity index (χ4n) is 2.43. The highest BCUT2D eigenvalue weighted by Crippen LogP contribution is 2.22. The zero-order valence-electron chi connectivity index (χ0n) is 15.3.